The predicted molar refractivity (Wildman–Crippen MR) is 114 cm³/mol. The molecule has 3 aromatic carbocycles. The normalized spacial score (nSPS) is 11.7. The van der Waals surface area contributed by atoms with Gasteiger partial charge in [0.1, 0.15) is 4.90 Å². The lowest BCUT2D eigenvalue weighted by atomic mass is 10.1. The lowest BCUT2D eigenvalue weighted by Gasteiger charge is -2.10. The van der Waals surface area contributed by atoms with Crippen LogP contribution in [0.4, 0.5) is 5.69 Å². The minimum Gasteiger partial charge on any atom is -0.378 e. The lowest BCUT2D eigenvalue weighted by molar-refractivity contribution is 0.485. The van der Waals surface area contributed by atoms with E-state index in [0.29, 0.717) is 10.6 Å². The van der Waals surface area contributed by atoms with Crippen LogP contribution in [0, 0.1) is 6.92 Å². The van der Waals surface area contributed by atoms with Crippen LogP contribution in [0.15, 0.2) is 76.6 Å². The molecule has 0 saturated heterocycles. The van der Waals surface area contributed by atoms with Gasteiger partial charge in [-0.25, -0.2) is 0 Å². The van der Waals surface area contributed by atoms with Crippen LogP contribution in [0.25, 0.3) is 0 Å². The van der Waals surface area contributed by atoms with E-state index in [-0.39, 0.29) is 10.6 Å². The zero-order chi connectivity index (χ0) is 20.1. The summed E-state index contributed by atoms with van der Waals surface area (Å²) in [4.78, 5) is 4.50. The Balaban J connectivity index is 1.89. The van der Waals surface area contributed by atoms with Crippen molar-refractivity contribution in [1.29, 1.82) is 0 Å². The van der Waals surface area contributed by atoms with Crippen LogP contribution in [0.2, 0.25) is 5.02 Å². The van der Waals surface area contributed by atoms with Gasteiger partial charge in [0.25, 0.3) is 0 Å². The van der Waals surface area contributed by atoms with Gasteiger partial charge in [0.05, 0.1) is 5.69 Å². The summed E-state index contributed by atoms with van der Waals surface area (Å²) in [5, 5.41) is 0.461. The molecule has 0 radical (unpaired) electrons. The second-order valence-electron chi connectivity index (χ2n) is 6.31. The fourth-order valence-electron chi connectivity index (χ4n) is 2.53. The minimum absolute atomic E-state index is 0.0890. The van der Waals surface area contributed by atoms with Crippen LogP contribution in [0.5, 0.6) is 5.75 Å². The molecule has 0 fully saturated rings. The highest BCUT2D eigenvalue weighted by Gasteiger charge is 2.18. The Bertz CT molecular complexity index is 1090. The Morgan fingerprint density at radius 1 is 1.00 bits per heavy atom. The predicted octanol–water partition coefficient (Wildman–Crippen LogP) is 5.73. The monoisotopic (exact) mass is 413 g/mol. The molecule has 0 heterocycles. The molecule has 144 valence electrons. The molecule has 0 aliphatic carbocycles. The van der Waals surface area contributed by atoms with Gasteiger partial charge in [0.2, 0.25) is 0 Å². The third-order valence-corrected chi connectivity index (χ3v) is 5.66. The van der Waals surface area contributed by atoms with Crippen molar-refractivity contribution in [1.82, 2.24) is 0 Å². The maximum atomic E-state index is 12.6. The molecule has 0 aliphatic rings. The Morgan fingerprint density at radius 3 is 2.32 bits per heavy atom. The molecule has 0 amide bonds. The summed E-state index contributed by atoms with van der Waals surface area (Å²) >= 11 is 6.08. The van der Waals surface area contributed by atoms with Gasteiger partial charge >= 0.3 is 10.1 Å². The van der Waals surface area contributed by atoms with E-state index in [0.717, 1.165) is 17.7 Å². The van der Waals surface area contributed by atoms with Gasteiger partial charge in [-0.05, 0) is 61.4 Å². The summed E-state index contributed by atoms with van der Waals surface area (Å²) in [6, 6.07) is 19.0. The van der Waals surface area contributed by atoms with Gasteiger partial charge in [-0.1, -0.05) is 48.4 Å². The molecule has 6 heteroatoms. The van der Waals surface area contributed by atoms with Gasteiger partial charge < -0.3 is 4.18 Å². The zero-order valence-electron chi connectivity index (χ0n) is 15.6. The van der Waals surface area contributed by atoms with Crippen LogP contribution in [-0.2, 0) is 16.5 Å². The lowest BCUT2D eigenvalue weighted by Crippen LogP contribution is -2.11. The first-order valence-electron chi connectivity index (χ1n) is 8.81. The Hall–Kier alpha value is -2.63. The van der Waals surface area contributed by atoms with Crippen LogP contribution in [0.3, 0.4) is 0 Å². The SMILES string of the molecule is CCc1ccc(N=Cc2cc(Cl)ccc2OS(=O)(=O)c2ccc(C)cc2)cc1. The first-order chi connectivity index (χ1) is 13.4. The molecule has 0 atom stereocenters. The maximum absolute atomic E-state index is 12.6. The highest BCUT2D eigenvalue weighted by atomic mass is 35.5. The van der Waals surface area contributed by atoms with E-state index >= 15 is 0 Å². The van der Waals surface area contributed by atoms with Crippen molar-refractivity contribution in [3.05, 3.63) is 88.4 Å². The number of hydrogen-bond acceptors (Lipinski definition) is 4. The van der Waals surface area contributed by atoms with Gasteiger partial charge in [-0.2, -0.15) is 8.42 Å². The zero-order valence-corrected chi connectivity index (χ0v) is 17.2. The number of benzene rings is 3. The van der Waals surface area contributed by atoms with Crippen molar-refractivity contribution in [2.75, 3.05) is 0 Å². The highest BCUT2D eigenvalue weighted by Crippen LogP contribution is 2.26. The summed E-state index contributed by atoms with van der Waals surface area (Å²) in [6.07, 6.45) is 2.50. The fourth-order valence-corrected chi connectivity index (χ4v) is 3.66. The maximum Gasteiger partial charge on any atom is 0.339 e. The first kappa shape index (κ1) is 20.1. The molecule has 28 heavy (non-hydrogen) atoms. The third kappa shape index (κ3) is 5.00. The van der Waals surface area contributed by atoms with Crippen LogP contribution < -0.4 is 4.18 Å². The van der Waals surface area contributed by atoms with E-state index in [1.54, 1.807) is 30.5 Å². The number of aliphatic imine (C=N–C) groups is 1. The third-order valence-electron chi connectivity index (χ3n) is 4.18. The molecule has 0 bridgehead atoms. The van der Waals surface area contributed by atoms with E-state index in [1.807, 2.05) is 31.2 Å². The van der Waals surface area contributed by atoms with Crippen molar-refractivity contribution in [3.8, 4) is 5.75 Å². The Kier molecular flexibility index (Phi) is 6.17. The number of rotatable bonds is 6. The van der Waals surface area contributed by atoms with Crippen molar-refractivity contribution in [2.24, 2.45) is 4.99 Å². The molecular formula is C22H20ClNO3S. The van der Waals surface area contributed by atoms with E-state index in [4.69, 9.17) is 15.8 Å². The summed E-state index contributed by atoms with van der Waals surface area (Å²) in [6.45, 7) is 3.97. The molecule has 3 rings (SSSR count). The molecule has 0 unspecified atom stereocenters. The van der Waals surface area contributed by atoms with Crippen molar-refractivity contribution < 1.29 is 12.6 Å². The molecular weight excluding hydrogens is 394 g/mol. The largest absolute Gasteiger partial charge is 0.378 e. The van der Waals surface area contributed by atoms with Crippen molar-refractivity contribution >= 4 is 33.6 Å². The van der Waals surface area contributed by atoms with Crippen LogP contribution >= 0.6 is 11.6 Å². The molecule has 0 spiro atoms. The number of hydrogen-bond donors (Lipinski definition) is 0. The summed E-state index contributed by atoms with van der Waals surface area (Å²) in [7, 11) is -3.96. The number of nitrogens with zero attached hydrogens (tertiary/aromatic N) is 1. The van der Waals surface area contributed by atoms with Gasteiger partial charge in [-0.3, -0.25) is 4.99 Å². The quantitative estimate of drug-likeness (QED) is 0.383. The Labute approximate surface area is 170 Å². The highest BCUT2D eigenvalue weighted by molar-refractivity contribution is 7.87. The van der Waals surface area contributed by atoms with E-state index < -0.39 is 10.1 Å². The van der Waals surface area contributed by atoms with E-state index in [2.05, 4.69) is 11.9 Å². The van der Waals surface area contributed by atoms with Gasteiger partial charge in [0.15, 0.2) is 5.75 Å². The van der Waals surface area contributed by atoms with Crippen LogP contribution in [0.1, 0.15) is 23.6 Å². The Morgan fingerprint density at radius 2 is 1.68 bits per heavy atom. The minimum atomic E-state index is -3.96. The number of aryl methyl sites for hydroxylation is 2. The fraction of sp³-hybridized carbons (Fsp3) is 0.136. The smallest absolute Gasteiger partial charge is 0.339 e. The van der Waals surface area contributed by atoms with Crippen LogP contribution in [-0.4, -0.2) is 14.6 Å². The summed E-state index contributed by atoms with van der Waals surface area (Å²) in [5.41, 5.74) is 3.41. The number of halogens is 1. The molecule has 0 saturated carbocycles. The molecule has 3 aromatic rings. The summed E-state index contributed by atoms with van der Waals surface area (Å²) in [5.74, 6) is 0.166. The average Bonchev–Trinajstić information content (AvgIpc) is 2.68. The second kappa shape index (κ2) is 8.59. The average molecular weight is 414 g/mol. The molecule has 4 nitrogen and oxygen atoms in total. The van der Waals surface area contributed by atoms with E-state index in [1.165, 1.54) is 23.8 Å². The molecule has 0 aliphatic heterocycles. The summed E-state index contributed by atoms with van der Waals surface area (Å²) < 4.78 is 30.6. The first-order valence-corrected chi connectivity index (χ1v) is 10.6. The van der Waals surface area contributed by atoms with Gasteiger partial charge in [0, 0.05) is 16.8 Å². The topological polar surface area (TPSA) is 55.7 Å². The van der Waals surface area contributed by atoms with E-state index in [9.17, 15) is 8.42 Å². The van der Waals surface area contributed by atoms with Gasteiger partial charge in [-0.15, -0.1) is 0 Å². The molecule has 0 aromatic heterocycles. The molecule has 0 N–H and O–H groups in total. The standard InChI is InChI=1S/C22H20ClNO3S/c1-3-17-6-9-20(10-7-17)24-15-18-14-19(23)8-13-22(18)27-28(25,26)21-11-4-16(2)5-12-21/h4-15H,3H2,1-2H3. The van der Waals surface area contributed by atoms with Crippen molar-refractivity contribution in [2.45, 2.75) is 25.2 Å². The van der Waals surface area contributed by atoms with Crippen molar-refractivity contribution in [3.63, 3.8) is 0 Å². The second-order valence-corrected chi connectivity index (χ2v) is 8.29.